The summed E-state index contributed by atoms with van der Waals surface area (Å²) < 4.78 is 4.79. The van der Waals surface area contributed by atoms with Crippen molar-refractivity contribution in [2.24, 2.45) is 5.10 Å². The van der Waals surface area contributed by atoms with Gasteiger partial charge in [-0.3, -0.25) is 9.80 Å². The zero-order valence-electron chi connectivity index (χ0n) is 11.7. The van der Waals surface area contributed by atoms with Crippen LogP contribution in [0, 0.1) is 0 Å². The van der Waals surface area contributed by atoms with Crippen LogP contribution in [0.3, 0.4) is 0 Å². The van der Waals surface area contributed by atoms with Crippen LogP contribution < -0.4 is 5.32 Å². The van der Waals surface area contributed by atoms with Crippen LogP contribution in [0.2, 0.25) is 0 Å². The third-order valence-electron chi connectivity index (χ3n) is 2.54. The summed E-state index contributed by atoms with van der Waals surface area (Å²) >= 11 is 0. The number of carbonyl (C=O) groups excluding carboxylic acids is 1. The second-order valence-corrected chi connectivity index (χ2v) is 4.13. The number of nitrogens with zero attached hydrogens (tertiary/aromatic N) is 2. The summed E-state index contributed by atoms with van der Waals surface area (Å²) in [7, 11) is 1.50. The van der Waals surface area contributed by atoms with Gasteiger partial charge in [-0.1, -0.05) is 30.3 Å². The minimum atomic E-state index is -0.195. The molecule has 1 unspecified atom stereocenters. The number of hydrazone groups is 1. The van der Waals surface area contributed by atoms with E-state index in [0.29, 0.717) is 6.54 Å². The highest BCUT2D eigenvalue weighted by molar-refractivity contribution is 5.77. The molecule has 19 heavy (non-hydrogen) atoms. The Bertz CT molecular complexity index is 406. The van der Waals surface area contributed by atoms with Crippen LogP contribution in [0.5, 0.6) is 0 Å². The first kappa shape index (κ1) is 15.2. The largest absolute Gasteiger partial charge is 0.375 e. The fourth-order valence-electron chi connectivity index (χ4n) is 1.68. The van der Waals surface area contributed by atoms with Crippen LogP contribution in [-0.2, 0) is 16.1 Å². The van der Waals surface area contributed by atoms with Gasteiger partial charge in [0.25, 0.3) is 0 Å². The summed E-state index contributed by atoms with van der Waals surface area (Å²) in [4.78, 5) is 11.5. The highest BCUT2D eigenvalue weighted by Crippen LogP contribution is 2.07. The molecule has 0 aliphatic rings. The average Bonchev–Trinajstić information content (AvgIpc) is 2.39. The Kier molecular flexibility index (Phi) is 6.60. The number of benzene rings is 1. The number of hydrogen-bond acceptors (Lipinski definition) is 4. The third-order valence-corrected chi connectivity index (χ3v) is 2.54. The molecule has 1 rings (SSSR count). The van der Waals surface area contributed by atoms with Gasteiger partial charge in [0.1, 0.15) is 12.8 Å². The molecule has 0 saturated heterocycles. The van der Waals surface area contributed by atoms with Crippen molar-refractivity contribution < 1.29 is 9.53 Å². The number of hydrogen-bond donors (Lipinski definition) is 1. The van der Waals surface area contributed by atoms with E-state index in [9.17, 15) is 4.79 Å². The number of nitrogens with one attached hydrogen (secondary N) is 1. The standard InChI is InChI=1S/C14H21N3O2/c1-4-15-17(10-13-8-6-5-7-9-13)12(2)16-14(18)11-19-3/h4-9,12H,10-11H2,1-3H3,(H,16,18)/b15-4-. The second kappa shape index (κ2) is 8.26. The lowest BCUT2D eigenvalue weighted by Crippen LogP contribution is -2.44. The minimum absolute atomic E-state index is 0.0549. The first-order valence-electron chi connectivity index (χ1n) is 6.24. The molecular weight excluding hydrogens is 242 g/mol. The van der Waals surface area contributed by atoms with E-state index in [-0.39, 0.29) is 18.7 Å². The van der Waals surface area contributed by atoms with Crippen LogP contribution in [-0.4, -0.2) is 37.0 Å². The van der Waals surface area contributed by atoms with Crippen molar-refractivity contribution in [1.82, 2.24) is 10.3 Å². The summed E-state index contributed by atoms with van der Waals surface area (Å²) in [6.45, 7) is 4.43. The molecule has 104 valence electrons. The van der Waals surface area contributed by atoms with Gasteiger partial charge < -0.3 is 10.1 Å². The Labute approximate surface area is 114 Å². The zero-order valence-corrected chi connectivity index (χ0v) is 11.7. The molecule has 1 atom stereocenters. The van der Waals surface area contributed by atoms with Gasteiger partial charge in [0.15, 0.2) is 0 Å². The Balaban J connectivity index is 2.63. The van der Waals surface area contributed by atoms with Crippen molar-refractivity contribution in [3.8, 4) is 0 Å². The van der Waals surface area contributed by atoms with Crippen molar-refractivity contribution in [3.05, 3.63) is 35.9 Å². The molecule has 0 bridgehead atoms. The lowest BCUT2D eigenvalue weighted by molar-refractivity contribution is -0.126. The molecule has 1 amide bonds. The summed E-state index contributed by atoms with van der Waals surface area (Å²) in [6.07, 6.45) is 1.51. The summed E-state index contributed by atoms with van der Waals surface area (Å²) in [5.41, 5.74) is 1.14. The Morgan fingerprint density at radius 1 is 1.47 bits per heavy atom. The van der Waals surface area contributed by atoms with Gasteiger partial charge in [0.2, 0.25) is 5.91 Å². The van der Waals surface area contributed by atoms with E-state index in [1.807, 2.05) is 49.2 Å². The molecule has 0 aromatic heterocycles. The summed E-state index contributed by atoms with van der Waals surface area (Å²) in [5.74, 6) is -0.153. The zero-order chi connectivity index (χ0) is 14.1. The van der Waals surface area contributed by atoms with Gasteiger partial charge in [-0.25, -0.2) is 0 Å². The molecule has 1 N–H and O–H groups in total. The Hall–Kier alpha value is -1.88. The van der Waals surface area contributed by atoms with Crippen molar-refractivity contribution in [2.45, 2.75) is 26.6 Å². The van der Waals surface area contributed by atoms with E-state index in [0.717, 1.165) is 5.56 Å². The molecule has 0 spiro atoms. The Morgan fingerprint density at radius 2 is 2.16 bits per heavy atom. The van der Waals surface area contributed by atoms with E-state index in [2.05, 4.69) is 10.4 Å². The highest BCUT2D eigenvalue weighted by Gasteiger charge is 2.14. The number of ether oxygens (including phenoxy) is 1. The SMILES string of the molecule is C/C=N\N(Cc1ccccc1)C(C)NC(=O)COC. The Morgan fingerprint density at radius 3 is 2.74 bits per heavy atom. The summed E-state index contributed by atoms with van der Waals surface area (Å²) in [6, 6.07) is 10.00. The summed E-state index contributed by atoms with van der Waals surface area (Å²) in [5, 5.41) is 8.94. The predicted octanol–water partition coefficient (Wildman–Crippen LogP) is 1.60. The molecule has 0 saturated carbocycles. The van der Waals surface area contributed by atoms with Gasteiger partial charge in [0.05, 0.1) is 6.54 Å². The molecule has 0 radical (unpaired) electrons. The van der Waals surface area contributed by atoms with Gasteiger partial charge in [-0.05, 0) is 19.4 Å². The molecule has 0 aliphatic heterocycles. The van der Waals surface area contributed by atoms with E-state index in [1.54, 1.807) is 6.21 Å². The smallest absolute Gasteiger partial charge is 0.247 e. The number of rotatable bonds is 7. The molecule has 0 fully saturated rings. The molecular formula is C14H21N3O2. The monoisotopic (exact) mass is 263 g/mol. The van der Waals surface area contributed by atoms with E-state index < -0.39 is 0 Å². The van der Waals surface area contributed by atoms with Gasteiger partial charge in [0, 0.05) is 13.3 Å². The van der Waals surface area contributed by atoms with Gasteiger partial charge in [-0.2, -0.15) is 5.10 Å². The molecule has 5 heteroatoms. The maximum atomic E-state index is 11.5. The molecule has 1 aromatic rings. The second-order valence-electron chi connectivity index (χ2n) is 4.13. The number of amides is 1. The van der Waals surface area contributed by atoms with E-state index in [1.165, 1.54) is 7.11 Å². The number of methoxy groups -OCH3 is 1. The lowest BCUT2D eigenvalue weighted by Gasteiger charge is -2.27. The van der Waals surface area contributed by atoms with Crippen LogP contribution >= 0.6 is 0 Å². The first-order chi connectivity index (χ1) is 9.17. The van der Waals surface area contributed by atoms with Gasteiger partial charge in [-0.15, -0.1) is 0 Å². The predicted molar refractivity (Wildman–Crippen MR) is 75.6 cm³/mol. The first-order valence-corrected chi connectivity index (χ1v) is 6.24. The molecule has 1 aromatic carbocycles. The quantitative estimate of drug-likeness (QED) is 0.462. The fraction of sp³-hybridized carbons (Fsp3) is 0.429. The molecule has 0 heterocycles. The van der Waals surface area contributed by atoms with Crippen molar-refractivity contribution >= 4 is 12.1 Å². The highest BCUT2D eigenvalue weighted by atomic mass is 16.5. The van der Waals surface area contributed by atoms with Crippen molar-refractivity contribution in [3.63, 3.8) is 0 Å². The van der Waals surface area contributed by atoms with Crippen molar-refractivity contribution in [1.29, 1.82) is 0 Å². The lowest BCUT2D eigenvalue weighted by atomic mass is 10.2. The molecule has 0 aliphatic carbocycles. The average molecular weight is 263 g/mol. The van der Waals surface area contributed by atoms with Crippen LogP contribution in [0.25, 0.3) is 0 Å². The fourth-order valence-corrected chi connectivity index (χ4v) is 1.68. The maximum absolute atomic E-state index is 11.5. The maximum Gasteiger partial charge on any atom is 0.247 e. The van der Waals surface area contributed by atoms with Crippen molar-refractivity contribution in [2.75, 3.05) is 13.7 Å². The topological polar surface area (TPSA) is 53.9 Å². The van der Waals surface area contributed by atoms with Crippen LogP contribution in [0.4, 0.5) is 0 Å². The normalized spacial score (nSPS) is 12.4. The van der Waals surface area contributed by atoms with Crippen LogP contribution in [0.15, 0.2) is 35.4 Å². The number of carbonyl (C=O) groups is 1. The third kappa shape index (κ3) is 5.52. The minimum Gasteiger partial charge on any atom is -0.375 e. The van der Waals surface area contributed by atoms with Gasteiger partial charge >= 0.3 is 0 Å². The van der Waals surface area contributed by atoms with E-state index >= 15 is 0 Å². The molecule has 5 nitrogen and oxygen atoms in total. The van der Waals surface area contributed by atoms with Crippen LogP contribution in [0.1, 0.15) is 19.4 Å². The van der Waals surface area contributed by atoms with E-state index in [4.69, 9.17) is 4.74 Å².